The molecule has 1 fully saturated rings. The number of amides is 4. The number of para-hydroxylation sites is 3. The van der Waals surface area contributed by atoms with Gasteiger partial charge < -0.3 is 10.6 Å². The van der Waals surface area contributed by atoms with E-state index in [-0.39, 0.29) is 35.9 Å². The molecule has 0 unspecified atom stereocenters. The van der Waals surface area contributed by atoms with Crippen LogP contribution in [-0.2, 0) is 9.59 Å². The molecule has 4 amide bonds. The quantitative estimate of drug-likeness (QED) is 0.426. The van der Waals surface area contributed by atoms with E-state index in [9.17, 15) is 19.2 Å². The van der Waals surface area contributed by atoms with Gasteiger partial charge in [-0.1, -0.05) is 42.5 Å². The number of aromatic nitrogens is 1. The molecule has 1 saturated heterocycles. The molecule has 1 aliphatic heterocycles. The first-order chi connectivity index (χ1) is 17.0. The van der Waals surface area contributed by atoms with E-state index in [2.05, 4.69) is 15.6 Å². The van der Waals surface area contributed by atoms with Gasteiger partial charge in [0, 0.05) is 23.8 Å². The highest BCUT2D eigenvalue weighted by atomic mass is 16.2. The Balaban J connectivity index is 1.35. The zero-order chi connectivity index (χ0) is 24.4. The van der Waals surface area contributed by atoms with Crippen LogP contribution in [0.4, 0.5) is 17.1 Å². The Kier molecular flexibility index (Phi) is 5.76. The van der Waals surface area contributed by atoms with E-state index in [4.69, 9.17) is 0 Å². The highest BCUT2D eigenvalue weighted by Gasteiger charge is 2.30. The van der Waals surface area contributed by atoms with Crippen LogP contribution in [0.15, 0.2) is 84.9 Å². The van der Waals surface area contributed by atoms with Crippen LogP contribution in [0.3, 0.4) is 0 Å². The number of carbonyl (C=O) groups excluding carboxylic acids is 4. The van der Waals surface area contributed by atoms with Gasteiger partial charge in [0.05, 0.1) is 22.6 Å². The smallest absolute Gasteiger partial charge is 0.274 e. The fourth-order valence-electron chi connectivity index (χ4n) is 3.93. The number of rotatable bonds is 5. The molecule has 0 saturated carbocycles. The third-order valence-electron chi connectivity index (χ3n) is 5.67. The van der Waals surface area contributed by atoms with Gasteiger partial charge in [-0.2, -0.15) is 0 Å². The van der Waals surface area contributed by atoms with Gasteiger partial charge in [-0.3, -0.25) is 24.1 Å². The van der Waals surface area contributed by atoms with Crippen LogP contribution >= 0.6 is 0 Å². The highest BCUT2D eigenvalue weighted by molar-refractivity contribution is 6.20. The zero-order valence-electron chi connectivity index (χ0n) is 18.5. The number of carbonyl (C=O) groups is 4. The van der Waals surface area contributed by atoms with Crippen molar-refractivity contribution < 1.29 is 19.2 Å². The van der Waals surface area contributed by atoms with E-state index in [0.717, 1.165) is 10.3 Å². The number of pyridine rings is 1. The molecule has 5 rings (SSSR count). The number of nitrogens with zero attached hydrogens (tertiary/aromatic N) is 2. The predicted molar refractivity (Wildman–Crippen MR) is 132 cm³/mol. The van der Waals surface area contributed by atoms with Gasteiger partial charge in [0.25, 0.3) is 11.8 Å². The predicted octanol–water partition coefficient (Wildman–Crippen LogP) is 4.39. The Bertz CT molecular complexity index is 1480. The molecule has 0 atom stereocenters. The molecular weight excluding hydrogens is 444 g/mol. The largest absolute Gasteiger partial charge is 0.320 e. The number of hydrogen-bond acceptors (Lipinski definition) is 5. The van der Waals surface area contributed by atoms with Crippen molar-refractivity contribution in [2.24, 2.45) is 0 Å². The summed E-state index contributed by atoms with van der Waals surface area (Å²) in [6, 6.07) is 24.1. The first-order valence-electron chi connectivity index (χ1n) is 11.0. The van der Waals surface area contributed by atoms with Gasteiger partial charge in [-0.15, -0.1) is 0 Å². The minimum atomic E-state index is -0.448. The van der Waals surface area contributed by atoms with Crippen LogP contribution in [-0.4, -0.2) is 28.6 Å². The molecule has 35 heavy (non-hydrogen) atoms. The maximum absolute atomic E-state index is 13.0. The molecule has 0 radical (unpaired) electrons. The normalized spacial score (nSPS) is 13.2. The van der Waals surface area contributed by atoms with Crippen LogP contribution < -0.4 is 15.5 Å². The Hall–Kier alpha value is -4.85. The Morgan fingerprint density at radius 1 is 0.714 bits per heavy atom. The number of nitrogens with one attached hydrogen (secondary N) is 2. The average Bonchev–Trinajstić information content (AvgIpc) is 3.22. The van der Waals surface area contributed by atoms with E-state index in [1.165, 1.54) is 6.07 Å². The molecule has 0 aliphatic carbocycles. The number of anilines is 3. The molecule has 172 valence electrons. The van der Waals surface area contributed by atoms with Gasteiger partial charge in [0.1, 0.15) is 5.69 Å². The second-order valence-corrected chi connectivity index (χ2v) is 8.02. The van der Waals surface area contributed by atoms with Crippen molar-refractivity contribution in [2.75, 3.05) is 15.5 Å². The summed E-state index contributed by atoms with van der Waals surface area (Å²) in [7, 11) is 0. The van der Waals surface area contributed by atoms with Crippen molar-refractivity contribution in [3.05, 3.63) is 96.2 Å². The molecule has 1 aliphatic rings. The van der Waals surface area contributed by atoms with E-state index in [1.54, 1.807) is 48.5 Å². The topological polar surface area (TPSA) is 108 Å². The SMILES string of the molecule is O=C(Nc1ccccc1NC(=O)c1ccc2ccccc2n1)c1cccc(N2C(=O)CCC2=O)c1. The molecule has 4 aromatic rings. The maximum Gasteiger partial charge on any atom is 0.274 e. The molecule has 2 N–H and O–H groups in total. The van der Waals surface area contributed by atoms with Gasteiger partial charge in [-0.05, 0) is 42.5 Å². The lowest BCUT2D eigenvalue weighted by Crippen LogP contribution is -2.28. The second-order valence-electron chi connectivity index (χ2n) is 8.02. The van der Waals surface area contributed by atoms with Crippen LogP contribution in [0.5, 0.6) is 0 Å². The van der Waals surface area contributed by atoms with Crippen LogP contribution in [0.25, 0.3) is 10.9 Å². The van der Waals surface area contributed by atoms with Crippen LogP contribution in [0.2, 0.25) is 0 Å². The molecule has 2 heterocycles. The molecule has 8 nitrogen and oxygen atoms in total. The number of fused-ring (bicyclic) bond motifs is 1. The van der Waals surface area contributed by atoms with Crippen molar-refractivity contribution >= 4 is 51.6 Å². The summed E-state index contributed by atoms with van der Waals surface area (Å²) in [4.78, 5) is 55.5. The summed E-state index contributed by atoms with van der Waals surface area (Å²) in [6.07, 6.45) is 0.322. The summed E-state index contributed by atoms with van der Waals surface area (Å²) in [5, 5.41) is 6.52. The van der Waals surface area contributed by atoms with Crippen LogP contribution in [0, 0.1) is 0 Å². The lowest BCUT2D eigenvalue weighted by Gasteiger charge is -2.15. The summed E-state index contributed by atoms with van der Waals surface area (Å²) < 4.78 is 0. The number of hydrogen-bond donors (Lipinski definition) is 2. The first-order valence-corrected chi connectivity index (χ1v) is 11.0. The Morgan fingerprint density at radius 3 is 2.11 bits per heavy atom. The molecule has 3 aromatic carbocycles. The second kappa shape index (κ2) is 9.18. The standard InChI is InChI=1S/C27H20N4O4/c32-24-14-15-25(33)31(24)19-8-5-7-18(16-19)26(34)29-21-10-3-4-11-22(21)30-27(35)23-13-12-17-6-1-2-9-20(17)28-23/h1-13,16H,14-15H2,(H,29,34)(H,30,35). The first kappa shape index (κ1) is 22.0. The summed E-state index contributed by atoms with van der Waals surface area (Å²) in [6.45, 7) is 0. The van der Waals surface area contributed by atoms with E-state index in [1.807, 2.05) is 30.3 Å². The minimum absolute atomic E-state index is 0.161. The van der Waals surface area contributed by atoms with Crippen molar-refractivity contribution in [1.82, 2.24) is 4.98 Å². The van der Waals surface area contributed by atoms with E-state index < -0.39 is 11.8 Å². The summed E-state index contributed by atoms with van der Waals surface area (Å²) in [5.41, 5.74) is 2.38. The Labute approximate surface area is 200 Å². The van der Waals surface area contributed by atoms with Gasteiger partial charge >= 0.3 is 0 Å². The summed E-state index contributed by atoms with van der Waals surface area (Å²) in [5.74, 6) is -1.44. The number of imide groups is 1. The zero-order valence-corrected chi connectivity index (χ0v) is 18.5. The monoisotopic (exact) mass is 464 g/mol. The van der Waals surface area contributed by atoms with Crippen LogP contribution in [0.1, 0.15) is 33.7 Å². The molecule has 8 heteroatoms. The highest BCUT2D eigenvalue weighted by Crippen LogP contribution is 2.26. The average molecular weight is 464 g/mol. The minimum Gasteiger partial charge on any atom is -0.320 e. The molecule has 0 spiro atoms. The van der Waals surface area contributed by atoms with Gasteiger partial charge in [-0.25, -0.2) is 4.98 Å². The lowest BCUT2D eigenvalue weighted by molar-refractivity contribution is -0.121. The third kappa shape index (κ3) is 4.49. The molecular formula is C27H20N4O4. The Morgan fingerprint density at radius 2 is 1.37 bits per heavy atom. The molecule has 0 bridgehead atoms. The third-order valence-corrected chi connectivity index (χ3v) is 5.67. The lowest BCUT2D eigenvalue weighted by atomic mass is 10.1. The maximum atomic E-state index is 13.0. The number of benzene rings is 3. The van der Waals surface area contributed by atoms with E-state index in [0.29, 0.717) is 22.6 Å². The summed E-state index contributed by atoms with van der Waals surface area (Å²) >= 11 is 0. The fourth-order valence-corrected chi connectivity index (χ4v) is 3.93. The molecule has 1 aromatic heterocycles. The van der Waals surface area contributed by atoms with Crippen molar-refractivity contribution in [1.29, 1.82) is 0 Å². The van der Waals surface area contributed by atoms with Gasteiger partial charge in [0.15, 0.2) is 0 Å². The van der Waals surface area contributed by atoms with Crippen molar-refractivity contribution in [3.8, 4) is 0 Å². The van der Waals surface area contributed by atoms with Crippen molar-refractivity contribution in [3.63, 3.8) is 0 Å². The van der Waals surface area contributed by atoms with Gasteiger partial charge in [0.2, 0.25) is 11.8 Å². The fraction of sp³-hybridized carbons (Fsp3) is 0.0741. The van der Waals surface area contributed by atoms with Crippen molar-refractivity contribution in [2.45, 2.75) is 12.8 Å². The van der Waals surface area contributed by atoms with E-state index >= 15 is 0 Å².